The van der Waals surface area contributed by atoms with Crippen LogP contribution in [0.3, 0.4) is 0 Å². The summed E-state index contributed by atoms with van der Waals surface area (Å²) in [6.07, 6.45) is 0. The van der Waals surface area contributed by atoms with Crippen molar-refractivity contribution in [2.45, 2.75) is 13.5 Å². The number of aryl methyl sites for hydroxylation is 1. The molecule has 0 heterocycles. The molecule has 0 aliphatic heterocycles. The van der Waals surface area contributed by atoms with Gasteiger partial charge in [0.15, 0.2) is 0 Å². The summed E-state index contributed by atoms with van der Waals surface area (Å²) in [6, 6.07) is 13.2. The Balaban J connectivity index is 2.21. The third kappa shape index (κ3) is 3.23. The van der Waals surface area contributed by atoms with Gasteiger partial charge in [0.1, 0.15) is 5.75 Å². The van der Waals surface area contributed by atoms with Crippen molar-refractivity contribution in [3.05, 3.63) is 58.1 Å². The first-order chi connectivity index (χ1) is 9.63. The molecule has 0 aliphatic carbocycles. The van der Waals surface area contributed by atoms with Gasteiger partial charge in [0.2, 0.25) is 0 Å². The van der Waals surface area contributed by atoms with Crippen LogP contribution >= 0.6 is 11.6 Å². The lowest BCUT2D eigenvalue weighted by Crippen LogP contribution is -2.03. The highest BCUT2D eigenvalue weighted by Gasteiger charge is 2.05. The summed E-state index contributed by atoms with van der Waals surface area (Å²) in [7, 11) is 1.63. The fourth-order valence-electron chi connectivity index (χ4n) is 1.96. The highest BCUT2D eigenvalue weighted by atomic mass is 35.5. The maximum Gasteiger partial charge on any atom is 0.123 e. The van der Waals surface area contributed by atoms with E-state index >= 15 is 0 Å². The van der Waals surface area contributed by atoms with E-state index in [1.807, 2.05) is 31.2 Å². The average Bonchev–Trinajstić information content (AvgIpc) is 2.46. The van der Waals surface area contributed by atoms with Crippen molar-refractivity contribution in [1.82, 2.24) is 0 Å². The molecular weight excluding hydrogens is 272 g/mol. The minimum atomic E-state index is 0.583. The van der Waals surface area contributed by atoms with Gasteiger partial charge in [-0.3, -0.25) is 0 Å². The number of nitriles is 1. The zero-order valence-electron chi connectivity index (χ0n) is 11.4. The Bertz CT molecular complexity index is 660. The van der Waals surface area contributed by atoms with Gasteiger partial charge in [0.05, 0.1) is 18.7 Å². The SMILES string of the molecule is COc1ccc(Cl)cc1CNc1cc(C#N)ccc1C. The molecule has 0 radical (unpaired) electrons. The molecule has 0 saturated heterocycles. The number of halogens is 1. The highest BCUT2D eigenvalue weighted by molar-refractivity contribution is 6.30. The van der Waals surface area contributed by atoms with E-state index in [4.69, 9.17) is 21.6 Å². The normalized spacial score (nSPS) is 9.90. The van der Waals surface area contributed by atoms with Gasteiger partial charge in [0, 0.05) is 22.8 Å². The molecule has 2 rings (SSSR count). The Morgan fingerprint density at radius 1 is 1.25 bits per heavy atom. The van der Waals surface area contributed by atoms with E-state index in [1.165, 1.54) is 0 Å². The molecule has 0 fully saturated rings. The van der Waals surface area contributed by atoms with Gasteiger partial charge < -0.3 is 10.1 Å². The van der Waals surface area contributed by atoms with Gasteiger partial charge in [-0.15, -0.1) is 0 Å². The monoisotopic (exact) mass is 286 g/mol. The third-order valence-electron chi connectivity index (χ3n) is 3.08. The Morgan fingerprint density at radius 2 is 2.05 bits per heavy atom. The van der Waals surface area contributed by atoms with Gasteiger partial charge in [-0.25, -0.2) is 0 Å². The molecule has 2 aromatic rings. The van der Waals surface area contributed by atoms with Gasteiger partial charge in [-0.1, -0.05) is 17.7 Å². The Kier molecular flexibility index (Phi) is 4.49. The molecular formula is C16H15ClN2O. The van der Waals surface area contributed by atoms with E-state index in [0.717, 1.165) is 22.6 Å². The van der Waals surface area contributed by atoms with E-state index in [1.54, 1.807) is 19.2 Å². The third-order valence-corrected chi connectivity index (χ3v) is 3.31. The molecule has 0 unspecified atom stereocenters. The summed E-state index contributed by atoms with van der Waals surface area (Å²) in [6.45, 7) is 2.58. The number of anilines is 1. The van der Waals surface area contributed by atoms with Crippen LogP contribution in [0.25, 0.3) is 0 Å². The van der Waals surface area contributed by atoms with E-state index in [9.17, 15) is 0 Å². The number of methoxy groups -OCH3 is 1. The molecule has 102 valence electrons. The number of hydrogen-bond acceptors (Lipinski definition) is 3. The van der Waals surface area contributed by atoms with Crippen molar-refractivity contribution in [1.29, 1.82) is 5.26 Å². The van der Waals surface area contributed by atoms with Crippen LogP contribution in [0.5, 0.6) is 5.75 Å². The summed E-state index contributed by atoms with van der Waals surface area (Å²) < 4.78 is 5.31. The molecule has 3 nitrogen and oxygen atoms in total. The maximum absolute atomic E-state index is 8.94. The van der Waals surface area contributed by atoms with Gasteiger partial charge >= 0.3 is 0 Å². The van der Waals surface area contributed by atoms with E-state index in [2.05, 4.69) is 11.4 Å². The predicted molar refractivity (Wildman–Crippen MR) is 81.2 cm³/mol. The van der Waals surface area contributed by atoms with Crippen LogP contribution in [0.4, 0.5) is 5.69 Å². The molecule has 20 heavy (non-hydrogen) atoms. The number of rotatable bonds is 4. The summed E-state index contributed by atoms with van der Waals surface area (Å²) in [5, 5.41) is 12.9. The smallest absolute Gasteiger partial charge is 0.123 e. The standard InChI is InChI=1S/C16H15ClN2O/c1-11-3-4-12(9-18)7-15(11)19-10-13-8-14(17)5-6-16(13)20-2/h3-8,19H,10H2,1-2H3. The minimum Gasteiger partial charge on any atom is -0.496 e. The van der Waals surface area contributed by atoms with Crippen LogP contribution in [-0.4, -0.2) is 7.11 Å². The molecule has 0 aromatic heterocycles. The number of hydrogen-bond donors (Lipinski definition) is 1. The van der Waals surface area contributed by atoms with Gasteiger partial charge in [-0.2, -0.15) is 5.26 Å². The Hall–Kier alpha value is -2.18. The maximum atomic E-state index is 8.94. The molecule has 0 aliphatic rings. The van der Waals surface area contributed by atoms with E-state index in [0.29, 0.717) is 17.1 Å². The molecule has 0 saturated carbocycles. The molecule has 0 bridgehead atoms. The lowest BCUT2D eigenvalue weighted by atomic mass is 10.1. The largest absolute Gasteiger partial charge is 0.496 e. The number of ether oxygens (including phenoxy) is 1. The summed E-state index contributed by atoms with van der Waals surface area (Å²) in [4.78, 5) is 0. The summed E-state index contributed by atoms with van der Waals surface area (Å²) in [5.74, 6) is 0.788. The second kappa shape index (κ2) is 6.31. The Labute approximate surface area is 123 Å². The average molecular weight is 287 g/mol. The molecule has 2 aromatic carbocycles. The quantitative estimate of drug-likeness (QED) is 0.919. The van der Waals surface area contributed by atoms with Crippen molar-refractivity contribution < 1.29 is 4.74 Å². The molecule has 4 heteroatoms. The second-order valence-corrected chi connectivity index (χ2v) is 4.89. The molecule has 0 amide bonds. The zero-order valence-corrected chi connectivity index (χ0v) is 12.2. The summed E-state index contributed by atoms with van der Waals surface area (Å²) in [5.41, 5.74) is 3.63. The van der Waals surface area contributed by atoms with Crippen molar-refractivity contribution in [3.8, 4) is 11.8 Å². The van der Waals surface area contributed by atoms with E-state index < -0.39 is 0 Å². The van der Waals surface area contributed by atoms with Crippen LogP contribution in [0, 0.1) is 18.3 Å². The van der Waals surface area contributed by atoms with Crippen molar-refractivity contribution in [2.75, 3.05) is 12.4 Å². The molecule has 1 N–H and O–H groups in total. The first-order valence-electron chi connectivity index (χ1n) is 6.21. The second-order valence-electron chi connectivity index (χ2n) is 4.45. The van der Waals surface area contributed by atoms with Crippen LogP contribution in [0.1, 0.15) is 16.7 Å². The Morgan fingerprint density at radius 3 is 2.75 bits per heavy atom. The lowest BCUT2D eigenvalue weighted by Gasteiger charge is -2.13. The van der Waals surface area contributed by atoms with Crippen LogP contribution in [-0.2, 0) is 6.54 Å². The predicted octanol–water partition coefficient (Wildman–Crippen LogP) is 4.14. The van der Waals surface area contributed by atoms with Gasteiger partial charge in [0.25, 0.3) is 0 Å². The molecule has 0 spiro atoms. The fraction of sp³-hybridized carbons (Fsp3) is 0.188. The van der Waals surface area contributed by atoms with Crippen molar-refractivity contribution in [3.63, 3.8) is 0 Å². The van der Waals surface area contributed by atoms with Crippen molar-refractivity contribution in [2.24, 2.45) is 0 Å². The van der Waals surface area contributed by atoms with Crippen LogP contribution in [0.15, 0.2) is 36.4 Å². The minimum absolute atomic E-state index is 0.583. The van der Waals surface area contributed by atoms with Crippen LogP contribution in [0.2, 0.25) is 5.02 Å². The first-order valence-corrected chi connectivity index (χ1v) is 6.59. The first kappa shape index (κ1) is 14.2. The number of nitrogens with zero attached hydrogens (tertiary/aromatic N) is 1. The number of nitrogens with one attached hydrogen (secondary N) is 1. The fourth-order valence-corrected chi connectivity index (χ4v) is 2.15. The summed E-state index contributed by atoms with van der Waals surface area (Å²) >= 11 is 6.01. The van der Waals surface area contributed by atoms with Gasteiger partial charge in [-0.05, 0) is 42.8 Å². The van der Waals surface area contributed by atoms with Crippen molar-refractivity contribution >= 4 is 17.3 Å². The zero-order chi connectivity index (χ0) is 14.5. The lowest BCUT2D eigenvalue weighted by molar-refractivity contribution is 0.410. The highest BCUT2D eigenvalue weighted by Crippen LogP contribution is 2.24. The topological polar surface area (TPSA) is 45.0 Å². The van der Waals surface area contributed by atoms with E-state index in [-0.39, 0.29) is 0 Å². The number of benzene rings is 2. The van der Waals surface area contributed by atoms with Crippen LogP contribution < -0.4 is 10.1 Å². The molecule has 0 atom stereocenters.